The highest BCUT2D eigenvalue weighted by Gasteiger charge is 2.37. The number of carbonyl (C=O) groups is 3. The predicted molar refractivity (Wildman–Crippen MR) is 122 cm³/mol. The highest BCUT2D eigenvalue weighted by atomic mass is 31.2. The zero-order chi connectivity index (χ0) is 25.1. The van der Waals surface area contributed by atoms with Crippen LogP contribution in [0.4, 0.5) is 0 Å². The Labute approximate surface area is 190 Å². The minimum atomic E-state index is -4.49. The lowest BCUT2D eigenvalue weighted by Gasteiger charge is -2.26. The third-order valence-corrected chi connectivity index (χ3v) is 5.22. The summed E-state index contributed by atoms with van der Waals surface area (Å²) in [6.07, 6.45) is 3.41. The van der Waals surface area contributed by atoms with Crippen molar-refractivity contribution in [3.63, 3.8) is 0 Å². The van der Waals surface area contributed by atoms with Gasteiger partial charge in [0.15, 0.2) is 0 Å². The molecule has 0 rings (SSSR count). The van der Waals surface area contributed by atoms with Gasteiger partial charge in [0, 0.05) is 57.1 Å². The van der Waals surface area contributed by atoms with E-state index in [4.69, 9.17) is 13.6 Å². The standard InChI is InChI=1S/C21H36N3O7P/c1-13(2)16(10-19(25)22-7)29-32(28,30-17(14(3)4)11-20(26)23-8)31-18(15(5)6)12-21(27)24-9/h10-15H,1-9H3,(H,22,25)(H,23,26)(H,24,27)/b16-10+,17-11+,18-12+. The maximum absolute atomic E-state index is 13.8. The van der Waals surface area contributed by atoms with Crippen molar-refractivity contribution in [2.75, 3.05) is 21.1 Å². The molecular weight excluding hydrogens is 437 g/mol. The average Bonchev–Trinajstić information content (AvgIpc) is 2.71. The molecule has 0 fully saturated rings. The summed E-state index contributed by atoms with van der Waals surface area (Å²) in [5.41, 5.74) is 0. The van der Waals surface area contributed by atoms with Crippen LogP contribution >= 0.6 is 7.82 Å². The summed E-state index contributed by atoms with van der Waals surface area (Å²) in [6, 6.07) is 0. The number of phosphoric acid groups is 1. The van der Waals surface area contributed by atoms with E-state index in [1.807, 2.05) is 0 Å². The summed E-state index contributed by atoms with van der Waals surface area (Å²) in [7, 11) is -0.175. The third-order valence-electron chi connectivity index (χ3n) is 3.92. The van der Waals surface area contributed by atoms with Crippen molar-refractivity contribution in [3.05, 3.63) is 35.5 Å². The van der Waals surface area contributed by atoms with Crippen LogP contribution in [-0.2, 0) is 32.5 Å². The highest BCUT2D eigenvalue weighted by molar-refractivity contribution is 7.48. The minimum absolute atomic E-state index is 0.0405. The van der Waals surface area contributed by atoms with Crippen molar-refractivity contribution >= 4 is 25.5 Å². The van der Waals surface area contributed by atoms with Crippen molar-refractivity contribution in [2.45, 2.75) is 41.5 Å². The molecular formula is C21H36N3O7P. The monoisotopic (exact) mass is 473 g/mol. The molecule has 0 aromatic rings. The van der Waals surface area contributed by atoms with Crippen LogP contribution in [0.1, 0.15) is 41.5 Å². The van der Waals surface area contributed by atoms with Gasteiger partial charge in [0.05, 0.1) is 0 Å². The van der Waals surface area contributed by atoms with E-state index in [0.29, 0.717) is 0 Å². The van der Waals surface area contributed by atoms with Crippen LogP contribution < -0.4 is 16.0 Å². The molecule has 32 heavy (non-hydrogen) atoms. The quantitative estimate of drug-likeness (QED) is 0.225. The van der Waals surface area contributed by atoms with Gasteiger partial charge in [0.25, 0.3) is 0 Å². The number of allylic oxidation sites excluding steroid dienone is 3. The Morgan fingerprint density at radius 1 is 0.594 bits per heavy atom. The first-order chi connectivity index (χ1) is 14.8. The van der Waals surface area contributed by atoms with Gasteiger partial charge in [-0.3, -0.25) is 14.4 Å². The van der Waals surface area contributed by atoms with E-state index in [1.54, 1.807) is 41.5 Å². The largest absolute Gasteiger partial charge is 0.646 e. The zero-order valence-electron chi connectivity index (χ0n) is 20.3. The van der Waals surface area contributed by atoms with Gasteiger partial charge >= 0.3 is 7.82 Å². The van der Waals surface area contributed by atoms with Gasteiger partial charge in [-0.25, -0.2) is 0 Å². The third kappa shape index (κ3) is 10.5. The smallest absolute Gasteiger partial charge is 0.390 e. The number of phosphoric ester groups is 1. The molecule has 0 saturated heterocycles. The van der Waals surface area contributed by atoms with Crippen LogP contribution in [0.5, 0.6) is 0 Å². The molecule has 0 atom stereocenters. The van der Waals surface area contributed by atoms with Gasteiger partial charge in [-0.1, -0.05) is 41.5 Å². The second kappa shape index (κ2) is 13.6. The van der Waals surface area contributed by atoms with Crippen LogP contribution in [0.25, 0.3) is 0 Å². The number of amides is 3. The maximum Gasteiger partial charge on any atom is 0.646 e. The molecule has 3 amide bonds. The van der Waals surface area contributed by atoms with Crippen LogP contribution in [0.2, 0.25) is 0 Å². The number of hydrogen-bond acceptors (Lipinski definition) is 7. The number of hydrogen-bond donors (Lipinski definition) is 3. The van der Waals surface area contributed by atoms with E-state index >= 15 is 0 Å². The molecule has 0 aliphatic carbocycles. The fourth-order valence-corrected chi connectivity index (χ4v) is 3.62. The van der Waals surface area contributed by atoms with E-state index in [-0.39, 0.29) is 35.0 Å². The molecule has 11 heteroatoms. The normalized spacial score (nSPS) is 13.2. The van der Waals surface area contributed by atoms with Crippen LogP contribution in [-0.4, -0.2) is 38.9 Å². The predicted octanol–water partition coefficient (Wildman–Crippen LogP) is 3.00. The number of nitrogens with one attached hydrogen (secondary N) is 3. The highest BCUT2D eigenvalue weighted by Crippen LogP contribution is 2.57. The van der Waals surface area contributed by atoms with E-state index in [0.717, 1.165) is 18.2 Å². The van der Waals surface area contributed by atoms with Gasteiger partial charge in [0.2, 0.25) is 17.7 Å². The Kier molecular flexibility index (Phi) is 12.5. The molecule has 0 unspecified atom stereocenters. The van der Waals surface area contributed by atoms with Crippen LogP contribution in [0.3, 0.4) is 0 Å². The Morgan fingerprint density at radius 2 is 0.812 bits per heavy atom. The lowest BCUT2D eigenvalue weighted by molar-refractivity contribution is -0.117. The van der Waals surface area contributed by atoms with E-state index in [9.17, 15) is 18.9 Å². The summed E-state index contributed by atoms with van der Waals surface area (Å²) in [5.74, 6) is -2.38. The van der Waals surface area contributed by atoms with Gasteiger partial charge in [0.1, 0.15) is 17.3 Å². The Morgan fingerprint density at radius 3 is 0.969 bits per heavy atom. The lowest BCUT2D eigenvalue weighted by Crippen LogP contribution is -2.19. The van der Waals surface area contributed by atoms with Crippen molar-refractivity contribution < 1.29 is 32.5 Å². The molecule has 0 aromatic carbocycles. The SMILES string of the molecule is CNC(=O)/C=C(/OP(=O)(O/C(=C/C(=O)NC)C(C)C)O/C(=C/C(=O)NC)C(C)C)C(C)C. The summed E-state index contributed by atoms with van der Waals surface area (Å²) in [6.45, 7) is 10.4. The van der Waals surface area contributed by atoms with Crippen molar-refractivity contribution in [2.24, 2.45) is 17.8 Å². The maximum atomic E-state index is 13.8. The molecule has 0 radical (unpaired) electrons. The minimum Gasteiger partial charge on any atom is -0.390 e. The first-order valence-corrected chi connectivity index (χ1v) is 11.7. The summed E-state index contributed by atoms with van der Waals surface area (Å²) >= 11 is 0. The first kappa shape index (κ1) is 29.3. The van der Waals surface area contributed by atoms with Crippen molar-refractivity contribution in [3.8, 4) is 0 Å². The summed E-state index contributed by atoms with van der Waals surface area (Å²) in [5, 5.41) is 7.28. The summed E-state index contributed by atoms with van der Waals surface area (Å²) in [4.78, 5) is 35.6. The van der Waals surface area contributed by atoms with Crippen molar-refractivity contribution in [1.29, 1.82) is 0 Å². The molecule has 182 valence electrons. The van der Waals surface area contributed by atoms with Gasteiger partial charge in [-0.2, -0.15) is 4.57 Å². The molecule has 10 nitrogen and oxygen atoms in total. The Bertz CT molecular complexity index is 710. The molecule has 0 spiro atoms. The second-order valence-electron chi connectivity index (χ2n) is 7.67. The van der Waals surface area contributed by atoms with Gasteiger partial charge in [-0.15, -0.1) is 0 Å². The number of carbonyl (C=O) groups excluding carboxylic acids is 3. The molecule has 0 heterocycles. The second-order valence-corrected chi connectivity index (χ2v) is 9.11. The molecule has 0 aliphatic rings. The van der Waals surface area contributed by atoms with E-state index in [1.165, 1.54) is 21.1 Å². The van der Waals surface area contributed by atoms with Crippen molar-refractivity contribution in [1.82, 2.24) is 16.0 Å². The molecule has 0 saturated carbocycles. The van der Waals surface area contributed by atoms with Crippen LogP contribution in [0, 0.1) is 17.8 Å². The molecule has 0 aromatic heterocycles. The Balaban J connectivity index is 6.50. The molecule has 3 N–H and O–H groups in total. The van der Waals surface area contributed by atoms with Gasteiger partial charge in [-0.05, 0) is 0 Å². The van der Waals surface area contributed by atoms with E-state index in [2.05, 4.69) is 16.0 Å². The number of rotatable bonds is 12. The molecule has 0 aliphatic heterocycles. The number of likely N-dealkylation sites (N-methyl/N-ethyl adjacent to an activating group) is 3. The van der Waals surface area contributed by atoms with Crippen LogP contribution in [0.15, 0.2) is 35.5 Å². The fourth-order valence-electron chi connectivity index (χ4n) is 1.94. The topological polar surface area (TPSA) is 132 Å². The van der Waals surface area contributed by atoms with Gasteiger partial charge < -0.3 is 29.5 Å². The Hall–Kier alpha value is -2.74. The average molecular weight is 474 g/mol. The van der Waals surface area contributed by atoms with E-state index < -0.39 is 25.5 Å². The summed E-state index contributed by atoms with van der Waals surface area (Å²) < 4.78 is 30.7. The lowest BCUT2D eigenvalue weighted by atomic mass is 10.1. The fraction of sp³-hybridized carbons (Fsp3) is 0.571. The zero-order valence-corrected chi connectivity index (χ0v) is 21.2. The molecule has 0 bridgehead atoms. The first-order valence-electron chi connectivity index (χ1n) is 10.3.